The highest BCUT2D eigenvalue weighted by molar-refractivity contribution is 4.95. The summed E-state index contributed by atoms with van der Waals surface area (Å²) in [6, 6.07) is 0.359. The maximum Gasteiger partial charge on any atom is 0.123 e. The second kappa shape index (κ2) is 6.01. The molecule has 0 spiro atoms. The van der Waals surface area contributed by atoms with Crippen molar-refractivity contribution in [2.75, 3.05) is 19.8 Å². The number of H-pyrrole nitrogens is 1. The number of hydrogen-bond donors (Lipinski definition) is 2. The monoisotopic (exact) mass is 223 g/mol. The lowest BCUT2D eigenvalue weighted by molar-refractivity contribution is 0.0653. The number of aromatic nitrogens is 2. The van der Waals surface area contributed by atoms with Crippen molar-refractivity contribution in [2.45, 2.75) is 32.2 Å². The van der Waals surface area contributed by atoms with Crippen LogP contribution in [0.15, 0.2) is 12.4 Å². The Morgan fingerprint density at radius 1 is 1.56 bits per heavy atom. The van der Waals surface area contributed by atoms with E-state index in [0.29, 0.717) is 6.04 Å². The summed E-state index contributed by atoms with van der Waals surface area (Å²) in [7, 11) is 0. The fraction of sp³-hybridized carbons (Fsp3) is 0.750. The summed E-state index contributed by atoms with van der Waals surface area (Å²) >= 11 is 0. The minimum absolute atomic E-state index is 0.359. The summed E-state index contributed by atoms with van der Waals surface area (Å²) in [6.45, 7) is 5.10. The standard InChI is InChI=1S/C12H21N3O/c1-2-11(12-13-5-6-14-12)15-9-10-3-7-16-8-4-10/h5-6,10-11,15H,2-4,7-9H2,1H3,(H,13,14). The van der Waals surface area contributed by atoms with Crippen LogP contribution < -0.4 is 5.32 Å². The summed E-state index contributed by atoms with van der Waals surface area (Å²) < 4.78 is 5.36. The van der Waals surface area contributed by atoms with Crippen LogP contribution in [0.4, 0.5) is 0 Å². The molecular weight excluding hydrogens is 202 g/mol. The molecule has 0 aliphatic carbocycles. The molecule has 2 N–H and O–H groups in total. The molecule has 1 atom stereocenters. The van der Waals surface area contributed by atoms with Crippen molar-refractivity contribution in [1.29, 1.82) is 0 Å². The van der Waals surface area contributed by atoms with Gasteiger partial charge in [0.25, 0.3) is 0 Å². The van der Waals surface area contributed by atoms with E-state index in [1.54, 1.807) is 0 Å². The van der Waals surface area contributed by atoms with Crippen molar-refractivity contribution < 1.29 is 4.74 Å². The predicted octanol–water partition coefficient (Wildman–Crippen LogP) is 1.88. The smallest absolute Gasteiger partial charge is 0.123 e. The average molecular weight is 223 g/mol. The Bertz CT molecular complexity index is 280. The molecule has 1 aromatic rings. The summed E-state index contributed by atoms with van der Waals surface area (Å²) in [5.74, 6) is 1.81. The molecule has 90 valence electrons. The van der Waals surface area contributed by atoms with Gasteiger partial charge in [-0.15, -0.1) is 0 Å². The normalized spacial score (nSPS) is 19.8. The van der Waals surface area contributed by atoms with E-state index in [2.05, 4.69) is 22.2 Å². The lowest BCUT2D eigenvalue weighted by Crippen LogP contribution is -2.31. The van der Waals surface area contributed by atoms with Gasteiger partial charge in [0.1, 0.15) is 5.82 Å². The summed E-state index contributed by atoms with van der Waals surface area (Å²) in [5, 5.41) is 3.59. The third-order valence-electron chi connectivity index (χ3n) is 3.25. The van der Waals surface area contributed by atoms with Gasteiger partial charge in [-0.1, -0.05) is 6.92 Å². The van der Waals surface area contributed by atoms with Gasteiger partial charge < -0.3 is 15.0 Å². The summed E-state index contributed by atoms with van der Waals surface area (Å²) in [5.41, 5.74) is 0. The number of imidazole rings is 1. The van der Waals surface area contributed by atoms with Gasteiger partial charge in [0, 0.05) is 25.6 Å². The van der Waals surface area contributed by atoms with E-state index in [-0.39, 0.29) is 0 Å². The van der Waals surface area contributed by atoms with E-state index in [0.717, 1.165) is 37.9 Å². The van der Waals surface area contributed by atoms with Crippen LogP contribution in [0.1, 0.15) is 38.1 Å². The lowest BCUT2D eigenvalue weighted by atomic mass is 10.00. The molecule has 0 aromatic carbocycles. The molecule has 1 saturated heterocycles. The Hall–Kier alpha value is -0.870. The third-order valence-corrected chi connectivity index (χ3v) is 3.25. The zero-order valence-electron chi connectivity index (χ0n) is 9.91. The molecule has 1 aromatic heterocycles. The Morgan fingerprint density at radius 3 is 3.00 bits per heavy atom. The van der Waals surface area contributed by atoms with Crippen LogP contribution in [0.3, 0.4) is 0 Å². The third kappa shape index (κ3) is 3.06. The van der Waals surface area contributed by atoms with Gasteiger partial charge in [-0.2, -0.15) is 0 Å². The molecule has 1 aliphatic heterocycles. The van der Waals surface area contributed by atoms with Gasteiger partial charge in [0.15, 0.2) is 0 Å². The van der Waals surface area contributed by atoms with Gasteiger partial charge in [-0.3, -0.25) is 0 Å². The minimum atomic E-state index is 0.359. The quantitative estimate of drug-likeness (QED) is 0.801. The first kappa shape index (κ1) is 11.6. The van der Waals surface area contributed by atoms with Gasteiger partial charge in [-0.05, 0) is 31.7 Å². The minimum Gasteiger partial charge on any atom is -0.381 e. The Kier molecular flexibility index (Phi) is 4.36. The van der Waals surface area contributed by atoms with Crippen molar-refractivity contribution in [3.63, 3.8) is 0 Å². The van der Waals surface area contributed by atoms with E-state index in [1.165, 1.54) is 12.8 Å². The van der Waals surface area contributed by atoms with Crippen LogP contribution >= 0.6 is 0 Å². The average Bonchev–Trinajstić information content (AvgIpc) is 2.85. The number of aromatic amines is 1. The molecule has 0 amide bonds. The van der Waals surface area contributed by atoms with E-state index >= 15 is 0 Å². The zero-order valence-corrected chi connectivity index (χ0v) is 9.91. The SMILES string of the molecule is CCC(NCC1CCOCC1)c1ncc[nH]1. The molecule has 0 radical (unpaired) electrons. The van der Waals surface area contributed by atoms with Crippen molar-refractivity contribution in [3.8, 4) is 0 Å². The first-order valence-corrected chi connectivity index (χ1v) is 6.20. The van der Waals surface area contributed by atoms with Gasteiger partial charge in [0.2, 0.25) is 0 Å². The second-order valence-electron chi connectivity index (χ2n) is 4.40. The van der Waals surface area contributed by atoms with E-state index < -0.39 is 0 Å². The lowest BCUT2D eigenvalue weighted by Gasteiger charge is -2.24. The molecule has 4 nitrogen and oxygen atoms in total. The fourth-order valence-corrected chi connectivity index (χ4v) is 2.16. The molecule has 1 aliphatic rings. The number of nitrogens with zero attached hydrogens (tertiary/aromatic N) is 1. The Labute approximate surface area is 96.8 Å². The highest BCUT2D eigenvalue weighted by Gasteiger charge is 2.16. The number of hydrogen-bond acceptors (Lipinski definition) is 3. The summed E-state index contributed by atoms with van der Waals surface area (Å²) in [6.07, 6.45) is 7.13. The maximum absolute atomic E-state index is 5.36. The maximum atomic E-state index is 5.36. The molecule has 16 heavy (non-hydrogen) atoms. The van der Waals surface area contributed by atoms with Crippen LogP contribution in [-0.2, 0) is 4.74 Å². The molecular formula is C12H21N3O. The largest absolute Gasteiger partial charge is 0.381 e. The van der Waals surface area contributed by atoms with Gasteiger partial charge >= 0.3 is 0 Å². The first-order valence-electron chi connectivity index (χ1n) is 6.20. The van der Waals surface area contributed by atoms with E-state index in [4.69, 9.17) is 4.74 Å². The van der Waals surface area contributed by atoms with Crippen molar-refractivity contribution in [2.24, 2.45) is 5.92 Å². The predicted molar refractivity (Wildman–Crippen MR) is 63.2 cm³/mol. The number of rotatable bonds is 5. The van der Waals surface area contributed by atoms with Crippen LogP contribution in [-0.4, -0.2) is 29.7 Å². The van der Waals surface area contributed by atoms with Crippen molar-refractivity contribution >= 4 is 0 Å². The molecule has 2 rings (SSSR count). The van der Waals surface area contributed by atoms with E-state index in [9.17, 15) is 0 Å². The van der Waals surface area contributed by atoms with Crippen LogP contribution in [0.5, 0.6) is 0 Å². The molecule has 4 heteroatoms. The highest BCUT2D eigenvalue weighted by Crippen LogP contribution is 2.16. The first-order chi connectivity index (χ1) is 7.90. The Balaban J connectivity index is 1.78. The van der Waals surface area contributed by atoms with Gasteiger partial charge in [0.05, 0.1) is 6.04 Å². The highest BCUT2D eigenvalue weighted by atomic mass is 16.5. The zero-order chi connectivity index (χ0) is 11.2. The Morgan fingerprint density at radius 2 is 2.38 bits per heavy atom. The van der Waals surface area contributed by atoms with Crippen molar-refractivity contribution in [1.82, 2.24) is 15.3 Å². The topological polar surface area (TPSA) is 49.9 Å². The van der Waals surface area contributed by atoms with Gasteiger partial charge in [-0.25, -0.2) is 4.98 Å². The molecule has 2 heterocycles. The van der Waals surface area contributed by atoms with Crippen molar-refractivity contribution in [3.05, 3.63) is 18.2 Å². The molecule has 1 fully saturated rings. The number of ether oxygens (including phenoxy) is 1. The molecule has 0 bridgehead atoms. The number of nitrogens with one attached hydrogen (secondary N) is 2. The van der Waals surface area contributed by atoms with Crippen LogP contribution in [0, 0.1) is 5.92 Å². The fourth-order valence-electron chi connectivity index (χ4n) is 2.16. The van der Waals surface area contributed by atoms with E-state index in [1.807, 2.05) is 12.4 Å². The van der Waals surface area contributed by atoms with Crippen LogP contribution in [0.2, 0.25) is 0 Å². The molecule has 0 saturated carbocycles. The molecule has 1 unspecified atom stereocenters. The summed E-state index contributed by atoms with van der Waals surface area (Å²) in [4.78, 5) is 7.49. The van der Waals surface area contributed by atoms with Crippen LogP contribution in [0.25, 0.3) is 0 Å². The second-order valence-corrected chi connectivity index (χ2v) is 4.40.